The van der Waals surface area contributed by atoms with Gasteiger partial charge >= 0.3 is 0 Å². The highest BCUT2D eigenvalue weighted by Gasteiger charge is 2.13. The molecule has 3 aromatic rings. The minimum atomic E-state index is -0.585. The molecule has 116 valence electrons. The number of furan rings is 1. The quantitative estimate of drug-likeness (QED) is 0.729. The monoisotopic (exact) mass is 300 g/mol. The second-order valence-electron chi connectivity index (χ2n) is 5.23. The normalized spacial score (nSPS) is 12.8. The molecule has 0 bridgehead atoms. The third-order valence-corrected chi connectivity index (χ3v) is 3.58. The zero-order chi connectivity index (χ0) is 15.4. The summed E-state index contributed by atoms with van der Waals surface area (Å²) in [6, 6.07) is 11.6. The van der Waals surface area contributed by atoms with E-state index in [-0.39, 0.29) is 6.61 Å². The minimum absolute atomic E-state index is 0.260. The van der Waals surface area contributed by atoms with Crippen molar-refractivity contribution in [3.63, 3.8) is 0 Å². The van der Waals surface area contributed by atoms with E-state index in [1.165, 1.54) is 0 Å². The predicted octanol–water partition coefficient (Wildman–Crippen LogP) is 2.77. The molecule has 0 radical (unpaired) electrons. The maximum Gasteiger partial charge on any atom is 0.129 e. The third kappa shape index (κ3) is 3.21. The Labute approximate surface area is 129 Å². The van der Waals surface area contributed by atoms with Crippen molar-refractivity contribution in [3.8, 4) is 0 Å². The maximum atomic E-state index is 10.2. The number of rotatable bonds is 7. The predicted molar refractivity (Wildman–Crippen MR) is 83.5 cm³/mol. The van der Waals surface area contributed by atoms with Crippen LogP contribution < -0.4 is 0 Å². The van der Waals surface area contributed by atoms with Gasteiger partial charge in [0, 0.05) is 6.42 Å². The van der Waals surface area contributed by atoms with Gasteiger partial charge in [-0.25, -0.2) is 4.98 Å². The lowest BCUT2D eigenvalue weighted by Crippen LogP contribution is -2.23. The number of ether oxygens (including phenoxy) is 1. The lowest BCUT2D eigenvalue weighted by Gasteiger charge is -2.14. The lowest BCUT2D eigenvalue weighted by atomic mass is 10.3. The fraction of sp³-hybridized carbons (Fsp3) is 0.353. The number of nitrogens with zero attached hydrogens (tertiary/aromatic N) is 2. The molecule has 0 saturated heterocycles. The van der Waals surface area contributed by atoms with E-state index < -0.39 is 6.10 Å². The Bertz CT molecular complexity index is 719. The first kappa shape index (κ1) is 14.8. The average molecular weight is 300 g/mol. The van der Waals surface area contributed by atoms with Crippen molar-refractivity contribution in [2.45, 2.75) is 32.6 Å². The number of hydrogen-bond donors (Lipinski definition) is 1. The standard InChI is InChI=1S/C17H20N2O3/c1-2-17-18-15-7-3-4-8-16(15)19(17)10-13(20)11-21-12-14-6-5-9-22-14/h3-9,13,20H,2,10-12H2,1H3. The number of benzene rings is 1. The summed E-state index contributed by atoms with van der Waals surface area (Å²) < 4.78 is 12.8. The van der Waals surface area contributed by atoms with E-state index in [0.717, 1.165) is 29.0 Å². The van der Waals surface area contributed by atoms with Gasteiger partial charge in [-0.2, -0.15) is 0 Å². The van der Waals surface area contributed by atoms with Crippen LogP contribution >= 0.6 is 0 Å². The molecule has 3 rings (SSSR count). The van der Waals surface area contributed by atoms with Gasteiger partial charge in [0.05, 0.1) is 36.6 Å². The van der Waals surface area contributed by atoms with Crippen molar-refractivity contribution in [1.82, 2.24) is 9.55 Å². The number of aliphatic hydroxyl groups is 1. The molecule has 1 N–H and O–H groups in total. The van der Waals surface area contributed by atoms with Crippen molar-refractivity contribution in [2.24, 2.45) is 0 Å². The summed E-state index contributed by atoms with van der Waals surface area (Å²) in [6.45, 7) is 3.17. The molecule has 0 spiro atoms. The Balaban J connectivity index is 1.64. The highest BCUT2D eigenvalue weighted by atomic mass is 16.5. The zero-order valence-electron chi connectivity index (χ0n) is 12.6. The van der Waals surface area contributed by atoms with Crippen LogP contribution in [0.1, 0.15) is 18.5 Å². The molecule has 2 aromatic heterocycles. The minimum Gasteiger partial charge on any atom is -0.467 e. The molecule has 1 aromatic carbocycles. The third-order valence-electron chi connectivity index (χ3n) is 3.58. The zero-order valence-corrected chi connectivity index (χ0v) is 12.6. The van der Waals surface area contributed by atoms with Crippen molar-refractivity contribution in [1.29, 1.82) is 0 Å². The van der Waals surface area contributed by atoms with Gasteiger partial charge in [-0.3, -0.25) is 0 Å². The topological polar surface area (TPSA) is 60.4 Å². The molecular weight excluding hydrogens is 280 g/mol. The van der Waals surface area contributed by atoms with Crippen molar-refractivity contribution in [3.05, 3.63) is 54.2 Å². The molecule has 0 saturated carbocycles. The van der Waals surface area contributed by atoms with Crippen molar-refractivity contribution in [2.75, 3.05) is 6.61 Å². The van der Waals surface area contributed by atoms with Gasteiger partial charge in [0.15, 0.2) is 0 Å². The second-order valence-corrected chi connectivity index (χ2v) is 5.23. The Morgan fingerprint density at radius 2 is 2.14 bits per heavy atom. The van der Waals surface area contributed by atoms with E-state index in [1.807, 2.05) is 36.4 Å². The molecule has 5 nitrogen and oxygen atoms in total. The fourth-order valence-corrected chi connectivity index (χ4v) is 2.55. The van der Waals surface area contributed by atoms with Gasteiger partial charge in [-0.05, 0) is 24.3 Å². The first-order valence-corrected chi connectivity index (χ1v) is 7.50. The molecule has 1 atom stereocenters. The molecule has 0 aliphatic heterocycles. The van der Waals surface area contributed by atoms with Gasteiger partial charge in [-0.1, -0.05) is 19.1 Å². The molecular formula is C17H20N2O3. The summed E-state index contributed by atoms with van der Waals surface area (Å²) >= 11 is 0. The summed E-state index contributed by atoms with van der Waals surface area (Å²) in [5, 5.41) is 10.2. The van der Waals surface area contributed by atoms with Crippen LogP contribution in [-0.2, 0) is 24.3 Å². The van der Waals surface area contributed by atoms with E-state index in [4.69, 9.17) is 9.15 Å². The number of aliphatic hydroxyl groups excluding tert-OH is 1. The molecule has 0 fully saturated rings. The second kappa shape index (κ2) is 6.77. The Kier molecular flexibility index (Phi) is 4.56. The lowest BCUT2D eigenvalue weighted by molar-refractivity contribution is 0.0148. The van der Waals surface area contributed by atoms with E-state index in [0.29, 0.717) is 13.2 Å². The van der Waals surface area contributed by atoms with E-state index in [2.05, 4.69) is 16.5 Å². The number of imidazole rings is 1. The van der Waals surface area contributed by atoms with Crippen LogP contribution in [0.25, 0.3) is 11.0 Å². The number of fused-ring (bicyclic) bond motifs is 1. The van der Waals surface area contributed by atoms with Crippen molar-refractivity contribution >= 4 is 11.0 Å². The Hall–Kier alpha value is -2.11. The smallest absolute Gasteiger partial charge is 0.129 e. The summed E-state index contributed by atoms with van der Waals surface area (Å²) in [7, 11) is 0. The molecule has 2 heterocycles. The van der Waals surface area contributed by atoms with Crippen LogP contribution in [0.3, 0.4) is 0 Å². The van der Waals surface area contributed by atoms with Gasteiger partial charge in [0.2, 0.25) is 0 Å². The fourth-order valence-electron chi connectivity index (χ4n) is 2.55. The average Bonchev–Trinajstić information content (AvgIpc) is 3.15. The number of aryl methyl sites for hydroxylation is 1. The summed E-state index contributed by atoms with van der Waals surface area (Å²) in [5.41, 5.74) is 2.01. The summed E-state index contributed by atoms with van der Waals surface area (Å²) in [5.74, 6) is 1.74. The first-order chi connectivity index (χ1) is 10.8. The highest BCUT2D eigenvalue weighted by molar-refractivity contribution is 5.75. The number of para-hydroxylation sites is 2. The van der Waals surface area contributed by atoms with Gasteiger partial charge in [0.25, 0.3) is 0 Å². The van der Waals surface area contributed by atoms with E-state index in [9.17, 15) is 5.11 Å². The molecule has 22 heavy (non-hydrogen) atoms. The van der Waals surface area contributed by atoms with Crippen LogP contribution in [0.4, 0.5) is 0 Å². The maximum absolute atomic E-state index is 10.2. The number of aromatic nitrogens is 2. The van der Waals surface area contributed by atoms with Crippen LogP contribution in [0.5, 0.6) is 0 Å². The van der Waals surface area contributed by atoms with Gasteiger partial charge < -0.3 is 18.8 Å². The first-order valence-electron chi connectivity index (χ1n) is 7.50. The van der Waals surface area contributed by atoms with E-state index in [1.54, 1.807) is 6.26 Å². The van der Waals surface area contributed by atoms with Gasteiger partial charge in [-0.15, -0.1) is 0 Å². The highest BCUT2D eigenvalue weighted by Crippen LogP contribution is 2.17. The molecule has 0 amide bonds. The van der Waals surface area contributed by atoms with Crippen molar-refractivity contribution < 1.29 is 14.3 Å². The largest absolute Gasteiger partial charge is 0.467 e. The van der Waals surface area contributed by atoms with Gasteiger partial charge in [0.1, 0.15) is 18.2 Å². The summed E-state index contributed by atoms with van der Waals surface area (Å²) in [6.07, 6.45) is 1.85. The number of hydrogen-bond acceptors (Lipinski definition) is 4. The molecule has 5 heteroatoms. The Morgan fingerprint density at radius 3 is 2.91 bits per heavy atom. The van der Waals surface area contributed by atoms with Crippen LogP contribution in [0, 0.1) is 0 Å². The Morgan fingerprint density at radius 1 is 1.27 bits per heavy atom. The molecule has 1 unspecified atom stereocenters. The van der Waals surface area contributed by atoms with Crippen LogP contribution in [-0.4, -0.2) is 27.4 Å². The van der Waals surface area contributed by atoms with E-state index >= 15 is 0 Å². The van der Waals surface area contributed by atoms with Crippen LogP contribution in [0.2, 0.25) is 0 Å². The molecule has 0 aliphatic carbocycles. The summed E-state index contributed by atoms with van der Waals surface area (Å²) in [4.78, 5) is 4.60. The SMILES string of the molecule is CCc1nc2ccccc2n1CC(O)COCc1ccco1. The molecule has 0 aliphatic rings. The van der Waals surface area contributed by atoms with Crippen LogP contribution in [0.15, 0.2) is 47.1 Å².